The molecule has 2 aliphatic rings. The Hall–Kier alpha value is 0.0774. The van der Waals surface area contributed by atoms with E-state index in [1.165, 1.54) is 25.7 Å². The summed E-state index contributed by atoms with van der Waals surface area (Å²) in [6, 6.07) is 0. The van der Waals surface area contributed by atoms with Gasteiger partial charge in [-0.1, -0.05) is 43.8 Å². The maximum Gasteiger partial charge on any atom is 1.00 e. The van der Waals surface area contributed by atoms with Crippen LogP contribution < -0.4 is 18.9 Å². The van der Waals surface area contributed by atoms with E-state index in [9.17, 15) is 0 Å². The van der Waals surface area contributed by atoms with E-state index in [2.05, 4.69) is 32.1 Å². The van der Waals surface area contributed by atoms with Crippen LogP contribution in [0.15, 0.2) is 17.7 Å². The average Bonchev–Trinajstić information content (AvgIpc) is 2.41. The molecule has 0 radical (unpaired) electrons. The van der Waals surface area contributed by atoms with E-state index in [1.54, 1.807) is 5.57 Å². The molecule has 13 heavy (non-hydrogen) atoms. The molecule has 0 saturated carbocycles. The molecular weight excluding hydrogens is 151 g/mol. The summed E-state index contributed by atoms with van der Waals surface area (Å²) in [5, 5.41) is 0. The number of allylic oxidation sites excluding steroid dienone is 4. The standard InChI is InChI=1S/C12H17.Li/c1-10-5-8-12(9-6-10)7-3-4-11(12)2;/h3,5,11H,4,6,8-9H2,1-2H3;/q-1;+1/t11-,12+;/m1./s1. The second-order valence-electron chi connectivity index (χ2n) is 4.40. The first-order valence-corrected chi connectivity index (χ1v) is 4.98. The minimum atomic E-state index is 0. The normalized spacial score (nSPS) is 37.4. The van der Waals surface area contributed by atoms with Gasteiger partial charge in [0.05, 0.1) is 0 Å². The maximum atomic E-state index is 3.57. The van der Waals surface area contributed by atoms with Crippen LogP contribution in [-0.4, -0.2) is 0 Å². The summed E-state index contributed by atoms with van der Waals surface area (Å²) in [7, 11) is 0. The fourth-order valence-electron chi connectivity index (χ4n) is 2.37. The molecule has 0 bridgehead atoms. The molecule has 0 fully saturated rings. The first-order valence-electron chi connectivity index (χ1n) is 4.98. The number of rotatable bonds is 0. The Balaban J connectivity index is 0.000000845. The summed E-state index contributed by atoms with van der Waals surface area (Å²) in [4.78, 5) is 0. The number of hydrogen-bond acceptors (Lipinski definition) is 0. The molecule has 2 rings (SSSR count). The Morgan fingerprint density at radius 1 is 1.54 bits per heavy atom. The Bertz CT molecular complexity index is 240. The van der Waals surface area contributed by atoms with Crippen molar-refractivity contribution in [2.24, 2.45) is 11.3 Å². The zero-order valence-corrected chi connectivity index (χ0v) is 9.06. The molecule has 2 atom stereocenters. The zero-order chi connectivity index (χ0) is 8.60. The topological polar surface area (TPSA) is 0 Å². The summed E-state index contributed by atoms with van der Waals surface area (Å²) in [6.07, 6.45) is 13.3. The third-order valence-electron chi connectivity index (χ3n) is 3.58. The van der Waals surface area contributed by atoms with Gasteiger partial charge in [-0.3, -0.25) is 6.08 Å². The fraction of sp³-hybridized carbons (Fsp3) is 0.667. The van der Waals surface area contributed by atoms with Crippen molar-refractivity contribution in [2.45, 2.75) is 39.5 Å². The molecule has 1 spiro atoms. The van der Waals surface area contributed by atoms with Crippen LogP contribution in [0.25, 0.3) is 0 Å². The molecule has 0 aromatic carbocycles. The van der Waals surface area contributed by atoms with Gasteiger partial charge >= 0.3 is 18.9 Å². The Morgan fingerprint density at radius 3 is 2.77 bits per heavy atom. The SMILES string of the molecule is CC1=CC[C@@]2([C-]=CC[C@H]2C)CC1.[Li+]. The van der Waals surface area contributed by atoms with E-state index in [1.807, 2.05) is 0 Å². The van der Waals surface area contributed by atoms with Crippen LogP contribution in [-0.2, 0) is 0 Å². The van der Waals surface area contributed by atoms with Crippen molar-refractivity contribution in [3.8, 4) is 0 Å². The molecule has 0 aromatic heterocycles. The third kappa shape index (κ3) is 1.95. The first kappa shape index (κ1) is 11.2. The van der Waals surface area contributed by atoms with E-state index in [0.717, 1.165) is 5.92 Å². The molecule has 0 aliphatic heterocycles. The van der Waals surface area contributed by atoms with Crippen molar-refractivity contribution in [1.82, 2.24) is 0 Å². The van der Waals surface area contributed by atoms with E-state index in [4.69, 9.17) is 0 Å². The third-order valence-corrected chi connectivity index (χ3v) is 3.58. The fourth-order valence-corrected chi connectivity index (χ4v) is 2.37. The predicted octanol–water partition coefficient (Wildman–Crippen LogP) is 0.506. The summed E-state index contributed by atoms with van der Waals surface area (Å²) in [5.41, 5.74) is 2.00. The van der Waals surface area contributed by atoms with Gasteiger partial charge in [0, 0.05) is 0 Å². The first-order chi connectivity index (χ1) is 5.73. The smallest absolute Gasteiger partial charge is 0.494 e. The summed E-state index contributed by atoms with van der Waals surface area (Å²) in [5.74, 6) is 0.821. The van der Waals surface area contributed by atoms with Gasteiger partial charge in [-0.25, -0.2) is 0 Å². The molecule has 0 N–H and O–H groups in total. The van der Waals surface area contributed by atoms with E-state index < -0.39 is 0 Å². The predicted molar refractivity (Wildman–Crippen MR) is 51.6 cm³/mol. The van der Waals surface area contributed by atoms with Gasteiger partial charge in [-0.05, 0) is 13.3 Å². The van der Waals surface area contributed by atoms with Crippen LogP contribution in [0.3, 0.4) is 0 Å². The van der Waals surface area contributed by atoms with Gasteiger partial charge < -0.3 is 6.08 Å². The molecule has 0 saturated heterocycles. The van der Waals surface area contributed by atoms with Crippen molar-refractivity contribution in [2.75, 3.05) is 0 Å². The molecule has 0 nitrogen and oxygen atoms in total. The van der Waals surface area contributed by atoms with Gasteiger partial charge in [0.2, 0.25) is 0 Å². The van der Waals surface area contributed by atoms with Gasteiger partial charge in [-0.15, -0.1) is 0 Å². The van der Waals surface area contributed by atoms with Crippen LogP contribution >= 0.6 is 0 Å². The summed E-state index contributed by atoms with van der Waals surface area (Å²) >= 11 is 0. The Labute approximate surface area is 93.7 Å². The molecule has 2 aliphatic carbocycles. The monoisotopic (exact) mass is 168 g/mol. The van der Waals surface area contributed by atoms with Crippen molar-refractivity contribution in [1.29, 1.82) is 0 Å². The molecular formula is C12H17Li. The zero-order valence-electron chi connectivity index (χ0n) is 9.06. The van der Waals surface area contributed by atoms with Crippen LogP contribution in [0.5, 0.6) is 0 Å². The van der Waals surface area contributed by atoms with Gasteiger partial charge in [0.1, 0.15) is 0 Å². The minimum Gasteiger partial charge on any atom is -0.494 e. The quantitative estimate of drug-likeness (QED) is 0.281. The van der Waals surface area contributed by atoms with Gasteiger partial charge in [0.15, 0.2) is 0 Å². The van der Waals surface area contributed by atoms with Gasteiger partial charge in [-0.2, -0.15) is 5.41 Å². The Kier molecular flexibility index (Phi) is 3.49. The van der Waals surface area contributed by atoms with Crippen LogP contribution in [0.1, 0.15) is 39.5 Å². The van der Waals surface area contributed by atoms with E-state index >= 15 is 0 Å². The van der Waals surface area contributed by atoms with Crippen molar-refractivity contribution >= 4 is 0 Å². The maximum absolute atomic E-state index is 3.57. The van der Waals surface area contributed by atoms with Crippen molar-refractivity contribution in [3.63, 3.8) is 0 Å². The molecule has 0 heterocycles. The van der Waals surface area contributed by atoms with Crippen molar-refractivity contribution < 1.29 is 18.9 Å². The second kappa shape index (κ2) is 4.07. The van der Waals surface area contributed by atoms with Gasteiger partial charge in [0.25, 0.3) is 0 Å². The van der Waals surface area contributed by atoms with Crippen molar-refractivity contribution in [3.05, 3.63) is 23.8 Å². The molecule has 0 unspecified atom stereocenters. The minimum absolute atomic E-state index is 0. The molecule has 66 valence electrons. The van der Waals surface area contributed by atoms with E-state index in [-0.39, 0.29) is 18.9 Å². The number of hydrogen-bond donors (Lipinski definition) is 0. The van der Waals surface area contributed by atoms with E-state index in [0.29, 0.717) is 5.41 Å². The summed E-state index contributed by atoms with van der Waals surface area (Å²) < 4.78 is 0. The summed E-state index contributed by atoms with van der Waals surface area (Å²) in [6.45, 7) is 4.61. The molecule has 0 amide bonds. The molecule has 0 aromatic rings. The average molecular weight is 168 g/mol. The van der Waals surface area contributed by atoms with Crippen LogP contribution in [0, 0.1) is 17.4 Å². The molecule has 1 heteroatoms. The second-order valence-corrected chi connectivity index (χ2v) is 4.40. The Morgan fingerprint density at radius 2 is 2.31 bits per heavy atom. The van der Waals surface area contributed by atoms with Crippen LogP contribution in [0.2, 0.25) is 0 Å². The largest absolute Gasteiger partial charge is 1.00 e. The van der Waals surface area contributed by atoms with Crippen LogP contribution in [0.4, 0.5) is 0 Å².